The van der Waals surface area contributed by atoms with Crippen molar-refractivity contribution in [3.05, 3.63) is 51.2 Å². The van der Waals surface area contributed by atoms with Crippen molar-refractivity contribution in [1.29, 1.82) is 0 Å². The molecule has 0 spiro atoms. The van der Waals surface area contributed by atoms with Gasteiger partial charge in [0.15, 0.2) is 0 Å². The maximum Gasteiger partial charge on any atom is 0.265 e. The van der Waals surface area contributed by atoms with Gasteiger partial charge in [0, 0.05) is 5.69 Å². The molecule has 20 heavy (non-hydrogen) atoms. The molecule has 1 aromatic carbocycles. The molecule has 0 bridgehead atoms. The van der Waals surface area contributed by atoms with Crippen LogP contribution in [0, 0.1) is 25.7 Å². The van der Waals surface area contributed by atoms with Gasteiger partial charge in [-0.05, 0) is 37.1 Å². The Morgan fingerprint density at radius 1 is 1.25 bits per heavy atom. The van der Waals surface area contributed by atoms with Crippen molar-refractivity contribution < 1.29 is 9.90 Å². The van der Waals surface area contributed by atoms with Gasteiger partial charge in [-0.1, -0.05) is 30.0 Å². The van der Waals surface area contributed by atoms with Crippen LogP contribution in [-0.2, 0) is 0 Å². The summed E-state index contributed by atoms with van der Waals surface area (Å²) in [5, 5.41) is 11.6. The number of thiophene rings is 1. The predicted octanol–water partition coefficient (Wildman–Crippen LogP) is 2.96. The summed E-state index contributed by atoms with van der Waals surface area (Å²) in [6.07, 6.45) is 0. The summed E-state index contributed by atoms with van der Waals surface area (Å²) in [7, 11) is 0. The molecule has 2 rings (SSSR count). The molecule has 3 nitrogen and oxygen atoms in total. The molecule has 0 aliphatic heterocycles. The SMILES string of the molecule is Cc1cccc(C)c1NC(=O)c1ccc(C#CCO)s1. The first kappa shape index (κ1) is 14.3. The number of rotatable bonds is 2. The van der Waals surface area contributed by atoms with Crippen LogP contribution in [0.1, 0.15) is 25.7 Å². The molecule has 0 saturated heterocycles. The number of anilines is 1. The van der Waals surface area contributed by atoms with Crippen molar-refractivity contribution in [3.8, 4) is 11.8 Å². The average molecular weight is 285 g/mol. The third kappa shape index (κ3) is 3.27. The third-order valence-electron chi connectivity index (χ3n) is 2.84. The monoisotopic (exact) mass is 285 g/mol. The molecule has 0 radical (unpaired) electrons. The van der Waals surface area contributed by atoms with E-state index in [0.29, 0.717) is 4.88 Å². The van der Waals surface area contributed by atoms with Crippen LogP contribution >= 0.6 is 11.3 Å². The van der Waals surface area contributed by atoms with Gasteiger partial charge in [0.2, 0.25) is 0 Å². The van der Waals surface area contributed by atoms with Gasteiger partial charge in [0.1, 0.15) is 6.61 Å². The Bertz CT molecular complexity index is 672. The Kier molecular flexibility index (Phi) is 4.57. The van der Waals surface area contributed by atoms with Crippen LogP contribution in [0.5, 0.6) is 0 Å². The highest BCUT2D eigenvalue weighted by atomic mass is 32.1. The highest BCUT2D eigenvalue weighted by Crippen LogP contribution is 2.22. The molecule has 1 aromatic heterocycles. The fraction of sp³-hybridized carbons (Fsp3) is 0.188. The highest BCUT2D eigenvalue weighted by molar-refractivity contribution is 7.14. The molecule has 4 heteroatoms. The largest absolute Gasteiger partial charge is 0.384 e. The fourth-order valence-electron chi connectivity index (χ4n) is 1.84. The summed E-state index contributed by atoms with van der Waals surface area (Å²) >= 11 is 1.32. The van der Waals surface area contributed by atoms with E-state index in [0.717, 1.165) is 21.7 Å². The lowest BCUT2D eigenvalue weighted by Gasteiger charge is -2.10. The summed E-state index contributed by atoms with van der Waals surface area (Å²) < 4.78 is 0. The molecular weight excluding hydrogens is 270 g/mol. The standard InChI is InChI=1S/C16H15NO2S/c1-11-5-3-6-12(2)15(11)17-16(19)14-9-8-13(20-14)7-4-10-18/h3,5-6,8-9,18H,10H2,1-2H3,(H,17,19). The van der Waals surface area contributed by atoms with E-state index < -0.39 is 0 Å². The van der Waals surface area contributed by atoms with Crippen LogP contribution in [0.15, 0.2) is 30.3 Å². The number of aliphatic hydroxyl groups excluding tert-OH is 1. The Hall–Kier alpha value is -2.09. The van der Waals surface area contributed by atoms with Crippen LogP contribution in [0.25, 0.3) is 0 Å². The lowest BCUT2D eigenvalue weighted by molar-refractivity contribution is 0.103. The van der Waals surface area contributed by atoms with E-state index in [1.165, 1.54) is 11.3 Å². The Balaban J connectivity index is 2.18. The third-order valence-corrected chi connectivity index (χ3v) is 3.84. The Morgan fingerprint density at radius 2 is 1.95 bits per heavy atom. The minimum Gasteiger partial charge on any atom is -0.384 e. The van der Waals surface area contributed by atoms with Gasteiger partial charge in [0.05, 0.1) is 9.75 Å². The Morgan fingerprint density at radius 3 is 2.60 bits per heavy atom. The summed E-state index contributed by atoms with van der Waals surface area (Å²) in [5.41, 5.74) is 2.93. The van der Waals surface area contributed by atoms with Crippen LogP contribution in [0.4, 0.5) is 5.69 Å². The number of benzene rings is 1. The first-order valence-electron chi connectivity index (χ1n) is 6.19. The molecule has 0 aliphatic carbocycles. The van der Waals surface area contributed by atoms with E-state index in [1.54, 1.807) is 12.1 Å². The second kappa shape index (κ2) is 6.38. The summed E-state index contributed by atoms with van der Waals surface area (Å²) in [4.78, 5) is 13.6. The molecular formula is C16H15NO2S. The van der Waals surface area contributed by atoms with Gasteiger partial charge in [-0.2, -0.15) is 0 Å². The van der Waals surface area contributed by atoms with Crippen molar-refractivity contribution in [2.75, 3.05) is 11.9 Å². The maximum atomic E-state index is 12.2. The van der Waals surface area contributed by atoms with Gasteiger partial charge >= 0.3 is 0 Å². The van der Waals surface area contributed by atoms with Gasteiger partial charge < -0.3 is 10.4 Å². The number of amides is 1. The number of carbonyl (C=O) groups is 1. The summed E-state index contributed by atoms with van der Waals surface area (Å²) in [6.45, 7) is 3.76. The van der Waals surface area contributed by atoms with Gasteiger partial charge in [-0.15, -0.1) is 11.3 Å². The molecule has 1 amide bonds. The van der Waals surface area contributed by atoms with Crippen molar-refractivity contribution in [3.63, 3.8) is 0 Å². The van der Waals surface area contributed by atoms with E-state index in [-0.39, 0.29) is 12.5 Å². The summed E-state index contributed by atoms with van der Waals surface area (Å²) in [6, 6.07) is 9.43. The second-order valence-electron chi connectivity index (χ2n) is 4.34. The summed E-state index contributed by atoms with van der Waals surface area (Å²) in [5.74, 6) is 5.23. The van der Waals surface area contributed by atoms with E-state index in [9.17, 15) is 4.79 Å². The van der Waals surface area contributed by atoms with Crippen LogP contribution < -0.4 is 5.32 Å². The minimum atomic E-state index is -0.179. The average Bonchev–Trinajstić information content (AvgIpc) is 2.89. The van der Waals surface area contributed by atoms with Gasteiger partial charge in [-0.3, -0.25) is 4.79 Å². The lowest BCUT2D eigenvalue weighted by atomic mass is 10.1. The molecule has 0 fully saturated rings. The van der Waals surface area contributed by atoms with Gasteiger partial charge in [0.25, 0.3) is 5.91 Å². The number of hydrogen-bond acceptors (Lipinski definition) is 3. The zero-order chi connectivity index (χ0) is 14.5. The number of hydrogen-bond donors (Lipinski definition) is 2. The predicted molar refractivity (Wildman–Crippen MR) is 82.2 cm³/mol. The first-order valence-corrected chi connectivity index (χ1v) is 7.00. The zero-order valence-corrected chi connectivity index (χ0v) is 12.2. The Labute approximate surface area is 122 Å². The maximum absolute atomic E-state index is 12.2. The number of nitrogens with one attached hydrogen (secondary N) is 1. The van der Waals surface area contributed by atoms with Crippen LogP contribution in [0.3, 0.4) is 0 Å². The molecule has 102 valence electrons. The lowest BCUT2D eigenvalue weighted by Crippen LogP contribution is -2.12. The van der Waals surface area contributed by atoms with Crippen LogP contribution in [0.2, 0.25) is 0 Å². The van der Waals surface area contributed by atoms with Crippen molar-refractivity contribution >= 4 is 22.9 Å². The van der Waals surface area contributed by atoms with E-state index in [4.69, 9.17) is 5.11 Å². The van der Waals surface area contributed by atoms with Gasteiger partial charge in [-0.25, -0.2) is 0 Å². The van der Waals surface area contributed by atoms with Crippen molar-refractivity contribution in [2.24, 2.45) is 0 Å². The quantitative estimate of drug-likeness (QED) is 0.833. The van der Waals surface area contributed by atoms with E-state index >= 15 is 0 Å². The zero-order valence-electron chi connectivity index (χ0n) is 11.4. The number of carbonyl (C=O) groups excluding carboxylic acids is 1. The topological polar surface area (TPSA) is 49.3 Å². The fourth-order valence-corrected chi connectivity index (χ4v) is 2.62. The molecule has 0 atom stereocenters. The smallest absolute Gasteiger partial charge is 0.265 e. The first-order chi connectivity index (χ1) is 9.61. The highest BCUT2D eigenvalue weighted by Gasteiger charge is 2.11. The number of aliphatic hydroxyl groups is 1. The number of aryl methyl sites for hydroxylation is 2. The molecule has 1 heterocycles. The van der Waals surface area contributed by atoms with E-state index in [1.807, 2.05) is 32.0 Å². The molecule has 0 saturated carbocycles. The normalized spacial score (nSPS) is 9.75. The van der Waals surface area contributed by atoms with E-state index in [2.05, 4.69) is 17.2 Å². The second-order valence-corrected chi connectivity index (χ2v) is 5.43. The number of para-hydroxylation sites is 1. The van der Waals surface area contributed by atoms with Crippen molar-refractivity contribution in [2.45, 2.75) is 13.8 Å². The van der Waals surface area contributed by atoms with Crippen molar-refractivity contribution in [1.82, 2.24) is 0 Å². The molecule has 2 aromatic rings. The molecule has 0 unspecified atom stereocenters. The minimum absolute atomic E-state index is 0.135. The molecule has 2 N–H and O–H groups in total. The molecule has 0 aliphatic rings. The van der Waals surface area contributed by atoms with Crippen LogP contribution in [-0.4, -0.2) is 17.6 Å².